The summed E-state index contributed by atoms with van der Waals surface area (Å²) < 4.78 is 38.7. The molecule has 0 aromatic carbocycles. The Labute approximate surface area is 121 Å². The standard InChI is InChI=1S/C14H18F3N3O/c1-20-8-11(12(9-20)14(15,16)17)13(21)19-7-5-10-4-2-3-6-18-10/h2-4,6,11-12H,5,7-9H2,1H3,(H,19,21)/t11-,12-/m1/s1. The molecule has 2 rings (SSSR count). The minimum atomic E-state index is -4.34. The van der Waals surface area contributed by atoms with Crippen LogP contribution >= 0.6 is 0 Å². The summed E-state index contributed by atoms with van der Waals surface area (Å²) in [4.78, 5) is 17.6. The van der Waals surface area contributed by atoms with Crippen molar-refractivity contribution < 1.29 is 18.0 Å². The summed E-state index contributed by atoms with van der Waals surface area (Å²) in [5.41, 5.74) is 0.800. The van der Waals surface area contributed by atoms with Gasteiger partial charge in [-0.15, -0.1) is 0 Å². The van der Waals surface area contributed by atoms with E-state index in [0.717, 1.165) is 5.69 Å². The van der Waals surface area contributed by atoms with Gasteiger partial charge in [-0.2, -0.15) is 13.2 Å². The van der Waals surface area contributed by atoms with Crippen LogP contribution in [-0.4, -0.2) is 48.6 Å². The Hall–Kier alpha value is -1.63. The number of carbonyl (C=O) groups is 1. The summed E-state index contributed by atoms with van der Waals surface area (Å²) in [5.74, 6) is -3.14. The Morgan fingerprint density at radius 3 is 2.81 bits per heavy atom. The molecule has 0 radical (unpaired) electrons. The van der Waals surface area contributed by atoms with E-state index < -0.39 is 23.9 Å². The van der Waals surface area contributed by atoms with Gasteiger partial charge in [-0.3, -0.25) is 9.78 Å². The molecule has 1 fully saturated rings. The van der Waals surface area contributed by atoms with Crippen LogP contribution in [0.5, 0.6) is 0 Å². The van der Waals surface area contributed by atoms with Crippen LogP contribution in [0.4, 0.5) is 13.2 Å². The van der Waals surface area contributed by atoms with Crippen molar-refractivity contribution in [3.63, 3.8) is 0 Å². The number of nitrogens with one attached hydrogen (secondary N) is 1. The Kier molecular flexibility index (Phi) is 4.82. The van der Waals surface area contributed by atoms with Crippen molar-refractivity contribution in [2.45, 2.75) is 12.6 Å². The quantitative estimate of drug-likeness (QED) is 0.916. The first-order valence-corrected chi connectivity index (χ1v) is 6.81. The lowest BCUT2D eigenvalue weighted by molar-refractivity contribution is -0.183. The monoisotopic (exact) mass is 301 g/mol. The van der Waals surface area contributed by atoms with Crippen molar-refractivity contribution in [3.8, 4) is 0 Å². The van der Waals surface area contributed by atoms with E-state index in [9.17, 15) is 18.0 Å². The predicted octanol–water partition coefficient (Wildman–Crippen LogP) is 1.48. The molecular weight excluding hydrogens is 283 g/mol. The van der Waals surface area contributed by atoms with E-state index in [-0.39, 0.29) is 13.1 Å². The zero-order chi connectivity index (χ0) is 15.5. The van der Waals surface area contributed by atoms with Gasteiger partial charge in [0.25, 0.3) is 0 Å². The maximum absolute atomic E-state index is 12.9. The molecule has 0 saturated carbocycles. The smallest absolute Gasteiger partial charge is 0.355 e. The number of rotatable bonds is 4. The number of carbonyl (C=O) groups excluding carboxylic acids is 1. The molecule has 1 aromatic rings. The van der Waals surface area contributed by atoms with E-state index in [4.69, 9.17) is 0 Å². The van der Waals surface area contributed by atoms with Crippen LogP contribution in [0.25, 0.3) is 0 Å². The lowest BCUT2D eigenvalue weighted by Gasteiger charge is -2.20. The van der Waals surface area contributed by atoms with Gasteiger partial charge in [-0.25, -0.2) is 0 Å². The molecule has 1 aliphatic rings. The lowest BCUT2D eigenvalue weighted by atomic mass is 9.94. The molecule has 7 heteroatoms. The zero-order valence-electron chi connectivity index (χ0n) is 11.7. The number of likely N-dealkylation sites (tertiary alicyclic amines) is 1. The molecule has 1 saturated heterocycles. The van der Waals surface area contributed by atoms with Gasteiger partial charge in [-0.1, -0.05) is 6.07 Å². The van der Waals surface area contributed by atoms with Crippen molar-refractivity contribution in [1.82, 2.24) is 15.2 Å². The average Bonchev–Trinajstić information content (AvgIpc) is 2.82. The average molecular weight is 301 g/mol. The second-order valence-electron chi connectivity index (χ2n) is 5.34. The first kappa shape index (κ1) is 15.8. The molecule has 21 heavy (non-hydrogen) atoms. The molecule has 0 aliphatic carbocycles. The van der Waals surface area contributed by atoms with E-state index in [2.05, 4.69) is 10.3 Å². The first-order chi connectivity index (χ1) is 9.88. The maximum atomic E-state index is 12.9. The number of aromatic nitrogens is 1. The van der Waals surface area contributed by atoms with Crippen LogP contribution in [0.15, 0.2) is 24.4 Å². The number of halogens is 3. The third-order valence-corrected chi connectivity index (χ3v) is 3.67. The number of nitrogens with zero attached hydrogens (tertiary/aromatic N) is 2. The summed E-state index contributed by atoms with van der Waals surface area (Å²) in [7, 11) is 1.60. The number of hydrogen-bond donors (Lipinski definition) is 1. The predicted molar refractivity (Wildman–Crippen MR) is 71.5 cm³/mol. The third kappa shape index (κ3) is 4.17. The van der Waals surface area contributed by atoms with Crippen molar-refractivity contribution in [1.29, 1.82) is 0 Å². The number of amides is 1. The van der Waals surface area contributed by atoms with Crippen molar-refractivity contribution >= 4 is 5.91 Å². The van der Waals surface area contributed by atoms with Crippen LogP contribution < -0.4 is 5.32 Å². The topological polar surface area (TPSA) is 45.2 Å². The van der Waals surface area contributed by atoms with Crippen LogP contribution in [0.2, 0.25) is 0 Å². The molecule has 0 bridgehead atoms. The van der Waals surface area contributed by atoms with Crippen LogP contribution in [0.3, 0.4) is 0 Å². The Bertz CT molecular complexity index is 478. The molecule has 0 spiro atoms. The van der Waals surface area contributed by atoms with Crippen LogP contribution in [0, 0.1) is 11.8 Å². The number of pyridine rings is 1. The highest BCUT2D eigenvalue weighted by molar-refractivity contribution is 5.79. The highest BCUT2D eigenvalue weighted by Gasteiger charge is 2.51. The summed E-state index contributed by atoms with van der Waals surface area (Å²) in [6.07, 6.45) is -2.19. The lowest BCUT2D eigenvalue weighted by Crippen LogP contribution is -2.40. The molecule has 2 atom stereocenters. The highest BCUT2D eigenvalue weighted by atomic mass is 19.4. The minimum absolute atomic E-state index is 0.123. The zero-order valence-corrected chi connectivity index (χ0v) is 11.7. The highest BCUT2D eigenvalue weighted by Crippen LogP contribution is 2.37. The fourth-order valence-electron chi connectivity index (χ4n) is 2.59. The molecule has 1 amide bonds. The fraction of sp³-hybridized carbons (Fsp3) is 0.571. The molecule has 0 unspecified atom stereocenters. The van der Waals surface area contributed by atoms with Gasteiger partial charge in [0.15, 0.2) is 0 Å². The van der Waals surface area contributed by atoms with Crippen molar-refractivity contribution in [2.75, 3.05) is 26.7 Å². The number of alkyl halides is 3. The summed E-state index contributed by atoms with van der Waals surface area (Å²) >= 11 is 0. The van der Waals surface area contributed by atoms with Gasteiger partial charge in [0.1, 0.15) is 0 Å². The fourth-order valence-corrected chi connectivity index (χ4v) is 2.59. The molecule has 1 aromatic heterocycles. The summed E-state index contributed by atoms with van der Waals surface area (Å²) in [6, 6.07) is 5.42. The maximum Gasteiger partial charge on any atom is 0.393 e. The SMILES string of the molecule is CN1C[C@@H](C(F)(F)F)[C@H](C(=O)NCCc2ccccn2)C1. The summed E-state index contributed by atoms with van der Waals surface area (Å²) in [5, 5.41) is 2.59. The number of hydrogen-bond acceptors (Lipinski definition) is 3. The molecule has 4 nitrogen and oxygen atoms in total. The third-order valence-electron chi connectivity index (χ3n) is 3.67. The van der Waals surface area contributed by atoms with E-state index in [0.29, 0.717) is 13.0 Å². The first-order valence-electron chi connectivity index (χ1n) is 6.81. The second kappa shape index (κ2) is 6.43. The Balaban J connectivity index is 1.87. The van der Waals surface area contributed by atoms with Gasteiger partial charge in [0.2, 0.25) is 5.91 Å². The summed E-state index contributed by atoms with van der Waals surface area (Å²) in [6.45, 7) is 0.308. The molecule has 1 N–H and O–H groups in total. The van der Waals surface area contributed by atoms with Crippen LogP contribution in [-0.2, 0) is 11.2 Å². The van der Waals surface area contributed by atoms with Gasteiger partial charge in [-0.05, 0) is 19.2 Å². The molecular formula is C14H18F3N3O. The van der Waals surface area contributed by atoms with Gasteiger partial charge >= 0.3 is 6.18 Å². The van der Waals surface area contributed by atoms with E-state index in [1.54, 1.807) is 24.2 Å². The van der Waals surface area contributed by atoms with Crippen LogP contribution in [0.1, 0.15) is 5.69 Å². The van der Waals surface area contributed by atoms with Gasteiger partial charge in [0.05, 0.1) is 11.8 Å². The molecule has 1 aliphatic heterocycles. The van der Waals surface area contributed by atoms with Gasteiger partial charge < -0.3 is 10.2 Å². The normalized spacial score (nSPS) is 23.2. The molecule has 116 valence electrons. The minimum Gasteiger partial charge on any atom is -0.355 e. The van der Waals surface area contributed by atoms with E-state index in [1.807, 2.05) is 12.1 Å². The van der Waals surface area contributed by atoms with E-state index >= 15 is 0 Å². The van der Waals surface area contributed by atoms with Gasteiger partial charge in [0, 0.05) is 37.9 Å². The molecule has 2 heterocycles. The van der Waals surface area contributed by atoms with Crippen molar-refractivity contribution in [3.05, 3.63) is 30.1 Å². The Morgan fingerprint density at radius 2 is 2.19 bits per heavy atom. The Morgan fingerprint density at radius 1 is 1.43 bits per heavy atom. The van der Waals surface area contributed by atoms with E-state index in [1.165, 1.54) is 0 Å². The largest absolute Gasteiger partial charge is 0.393 e. The second-order valence-corrected chi connectivity index (χ2v) is 5.34. The van der Waals surface area contributed by atoms with Crippen molar-refractivity contribution in [2.24, 2.45) is 11.8 Å².